The smallest absolute Gasteiger partial charge is 0.204 e. The van der Waals surface area contributed by atoms with Gasteiger partial charge in [-0.05, 0) is 35.4 Å². The zero-order valence-electron chi connectivity index (χ0n) is 9.23. The molecule has 100 valence electrons. The van der Waals surface area contributed by atoms with Crippen molar-refractivity contribution in [3.63, 3.8) is 0 Å². The highest BCUT2D eigenvalue weighted by molar-refractivity contribution is 5.64. The first-order valence-electron chi connectivity index (χ1n) is 5.11. The Labute approximate surface area is 104 Å². The van der Waals surface area contributed by atoms with Crippen molar-refractivity contribution in [1.29, 1.82) is 0 Å². The molecule has 0 unspecified atom stereocenters. The van der Waals surface area contributed by atoms with Crippen LogP contribution in [0.1, 0.15) is 5.56 Å². The standard InChI is InChI=1S/C13H6F6/c14-10-5-8(6-11(15)12(10)16)7-1-3-9(4-2-7)13(17,18)19/h1-6H. The van der Waals surface area contributed by atoms with Crippen molar-refractivity contribution >= 4 is 0 Å². The fourth-order valence-corrected chi connectivity index (χ4v) is 1.57. The van der Waals surface area contributed by atoms with Gasteiger partial charge in [-0.15, -0.1) is 0 Å². The van der Waals surface area contributed by atoms with Crippen molar-refractivity contribution in [2.75, 3.05) is 0 Å². The Kier molecular flexibility index (Phi) is 3.26. The predicted molar refractivity (Wildman–Crippen MR) is 56.8 cm³/mol. The summed E-state index contributed by atoms with van der Waals surface area (Å²) in [6.45, 7) is 0. The molecule has 0 atom stereocenters. The number of hydrogen-bond acceptors (Lipinski definition) is 0. The van der Waals surface area contributed by atoms with Crippen LogP contribution in [0.15, 0.2) is 36.4 Å². The van der Waals surface area contributed by atoms with Gasteiger partial charge in [0.25, 0.3) is 0 Å². The summed E-state index contributed by atoms with van der Waals surface area (Å²) in [5.74, 6) is -4.40. The van der Waals surface area contributed by atoms with Crippen LogP contribution in [0.2, 0.25) is 0 Å². The molecule has 0 aliphatic rings. The highest BCUT2D eigenvalue weighted by Gasteiger charge is 2.30. The van der Waals surface area contributed by atoms with Gasteiger partial charge in [-0.3, -0.25) is 0 Å². The molecule has 0 heterocycles. The molecule has 0 amide bonds. The molecule has 0 spiro atoms. The second-order valence-corrected chi connectivity index (χ2v) is 3.83. The Hall–Kier alpha value is -1.98. The summed E-state index contributed by atoms with van der Waals surface area (Å²) < 4.78 is 75.7. The maximum Gasteiger partial charge on any atom is 0.416 e. The third kappa shape index (κ3) is 2.72. The molecular weight excluding hydrogens is 270 g/mol. The van der Waals surface area contributed by atoms with E-state index in [0.29, 0.717) is 0 Å². The van der Waals surface area contributed by atoms with Crippen molar-refractivity contribution < 1.29 is 26.3 Å². The van der Waals surface area contributed by atoms with Crippen LogP contribution in [-0.2, 0) is 6.18 Å². The number of hydrogen-bond donors (Lipinski definition) is 0. The molecule has 0 aromatic heterocycles. The van der Waals surface area contributed by atoms with Gasteiger partial charge in [-0.25, -0.2) is 13.2 Å². The first-order chi connectivity index (χ1) is 8.79. The highest BCUT2D eigenvalue weighted by atomic mass is 19.4. The maximum atomic E-state index is 13.0. The van der Waals surface area contributed by atoms with Crippen LogP contribution in [0.3, 0.4) is 0 Å². The molecule has 0 fully saturated rings. The van der Waals surface area contributed by atoms with Crippen LogP contribution in [-0.4, -0.2) is 0 Å². The molecule has 0 nitrogen and oxygen atoms in total. The minimum atomic E-state index is -4.49. The molecule has 2 aromatic carbocycles. The second-order valence-electron chi connectivity index (χ2n) is 3.83. The summed E-state index contributed by atoms with van der Waals surface area (Å²) in [7, 11) is 0. The third-order valence-electron chi connectivity index (χ3n) is 2.53. The Balaban J connectivity index is 2.43. The van der Waals surface area contributed by atoms with Crippen LogP contribution >= 0.6 is 0 Å². The van der Waals surface area contributed by atoms with Gasteiger partial charge >= 0.3 is 6.18 Å². The van der Waals surface area contributed by atoms with Crippen LogP contribution in [0.25, 0.3) is 11.1 Å². The molecule has 0 N–H and O–H groups in total. The number of halogens is 6. The Bertz CT molecular complexity index is 575. The van der Waals surface area contributed by atoms with Crippen LogP contribution < -0.4 is 0 Å². The van der Waals surface area contributed by atoms with Crippen LogP contribution in [0, 0.1) is 17.5 Å². The predicted octanol–water partition coefficient (Wildman–Crippen LogP) is 4.79. The normalized spacial score (nSPS) is 11.7. The van der Waals surface area contributed by atoms with Crippen LogP contribution in [0.5, 0.6) is 0 Å². The first-order valence-corrected chi connectivity index (χ1v) is 5.11. The SMILES string of the molecule is Fc1cc(-c2ccc(C(F)(F)F)cc2)cc(F)c1F. The number of benzene rings is 2. The summed E-state index contributed by atoms with van der Waals surface area (Å²) in [6.07, 6.45) is -4.49. The van der Waals surface area contributed by atoms with E-state index >= 15 is 0 Å². The lowest BCUT2D eigenvalue weighted by Gasteiger charge is -2.08. The quantitative estimate of drug-likeness (QED) is 0.519. The van der Waals surface area contributed by atoms with E-state index in [1.165, 1.54) is 0 Å². The molecule has 0 saturated carbocycles. The van der Waals surface area contributed by atoms with Gasteiger partial charge in [-0.2, -0.15) is 13.2 Å². The lowest BCUT2D eigenvalue weighted by molar-refractivity contribution is -0.137. The average molecular weight is 276 g/mol. The fraction of sp³-hybridized carbons (Fsp3) is 0.0769. The van der Waals surface area contributed by atoms with Gasteiger partial charge in [-0.1, -0.05) is 12.1 Å². The van der Waals surface area contributed by atoms with Gasteiger partial charge in [0, 0.05) is 0 Å². The molecule has 19 heavy (non-hydrogen) atoms. The molecule has 0 aliphatic heterocycles. The maximum absolute atomic E-state index is 13.0. The summed E-state index contributed by atoms with van der Waals surface area (Å²) in [6, 6.07) is 5.15. The monoisotopic (exact) mass is 276 g/mol. The van der Waals surface area contributed by atoms with Gasteiger partial charge in [0.1, 0.15) is 0 Å². The average Bonchev–Trinajstić information content (AvgIpc) is 2.34. The highest BCUT2D eigenvalue weighted by Crippen LogP contribution is 2.31. The van der Waals surface area contributed by atoms with Gasteiger partial charge < -0.3 is 0 Å². The molecule has 0 radical (unpaired) electrons. The molecule has 0 aliphatic carbocycles. The minimum Gasteiger partial charge on any atom is -0.204 e. The van der Waals surface area contributed by atoms with E-state index in [1.54, 1.807) is 0 Å². The number of rotatable bonds is 1. The molecule has 2 aromatic rings. The molecule has 2 rings (SSSR count). The Morgan fingerprint density at radius 2 is 1.16 bits per heavy atom. The molecule has 0 saturated heterocycles. The molecular formula is C13H6F6. The van der Waals surface area contributed by atoms with Gasteiger partial charge in [0.2, 0.25) is 0 Å². The summed E-state index contributed by atoms with van der Waals surface area (Å²) >= 11 is 0. The van der Waals surface area contributed by atoms with Gasteiger partial charge in [0.15, 0.2) is 17.5 Å². The zero-order valence-corrected chi connectivity index (χ0v) is 9.23. The summed E-state index contributed by atoms with van der Waals surface area (Å²) in [5.41, 5.74) is -0.754. The van der Waals surface area contributed by atoms with E-state index < -0.39 is 29.2 Å². The Morgan fingerprint density at radius 1 is 0.684 bits per heavy atom. The topological polar surface area (TPSA) is 0 Å². The van der Waals surface area contributed by atoms with E-state index in [4.69, 9.17) is 0 Å². The third-order valence-corrected chi connectivity index (χ3v) is 2.53. The first kappa shape index (κ1) is 13.5. The van der Waals surface area contributed by atoms with E-state index in [0.717, 1.165) is 36.4 Å². The lowest BCUT2D eigenvalue weighted by Crippen LogP contribution is -2.04. The largest absolute Gasteiger partial charge is 0.416 e. The van der Waals surface area contributed by atoms with Crippen molar-refractivity contribution in [2.45, 2.75) is 6.18 Å². The zero-order chi connectivity index (χ0) is 14.2. The fourth-order valence-electron chi connectivity index (χ4n) is 1.57. The Morgan fingerprint density at radius 3 is 1.58 bits per heavy atom. The van der Waals surface area contributed by atoms with Gasteiger partial charge in [0.05, 0.1) is 5.56 Å². The number of alkyl halides is 3. The summed E-state index contributed by atoms with van der Waals surface area (Å²) in [4.78, 5) is 0. The minimum absolute atomic E-state index is 0.0369. The van der Waals surface area contributed by atoms with E-state index in [-0.39, 0.29) is 11.1 Å². The van der Waals surface area contributed by atoms with Crippen LogP contribution in [0.4, 0.5) is 26.3 Å². The second kappa shape index (κ2) is 4.60. The van der Waals surface area contributed by atoms with E-state index in [9.17, 15) is 26.3 Å². The van der Waals surface area contributed by atoms with E-state index in [1.807, 2.05) is 0 Å². The van der Waals surface area contributed by atoms with Crippen molar-refractivity contribution in [1.82, 2.24) is 0 Å². The lowest BCUT2D eigenvalue weighted by atomic mass is 10.0. The summed E-state index contributed by atoms with van der Waals surface area (Å²) in [5, 5.41) is 0. The molecule has 0 bridgehead atoms. The van der Waals surface area contributed by atoms with E-state index in [2.05, 4.69) is 0 Å². The van der Waals surface area contributed by atoms with Crippen molar-refractivity contribution in [2.24, 2.45) is 0 Å². The van der Waals surface area contributed by atoms with Crippen molar-refractivity contribution in [3.05, 3.63) is 59.4 Å². The van der Waals surface area contributed by atoms with Crippen molar-refractivity contribution in [3.8, 4) is 11.1 Å². The molecule has 6 heteroatoms.